The Morgan fingerprint density at radius 1 is 1.04 bits per heavy atom. The van der Waals surface area contributed by atoms with Crippen LogP contribution in [0.3, 0.4) is 0 Å². The molecule has 1 aliphatic heterocycles. The van der Waals surface area contributed by atoms with Crippen LogP contribution in [0.5, 0.6) is 17.2 Å². The highest BCUT2D eigenvalue weighted by Crippen LogP contribution is 2.34. The molecule has 1 unspecified atom stereocenters. The predicted octanol–water partition coefficient (Wildman–Crippen LogP) is 2.97. The fourth-order valence-electron chi connectivity index (χ4n) is 2.95. The van der Waals surface area contributed by atoms with Gasteiger partial charge in [-0.3, -0.25) is 9.59 Å². The van der Waals surface area contributed by atoms with E-state index in [2.05, 4.69) is 0 Å². The second-order valence-corrected chi connectivity index (χ2v) is 6.18. The fraction of sp³-hybridized carbons (Fsp3) is 0.300. The summed E-state index contributed by atoms with van der Waals surface area (Å²) in [5, 5.41) is 0. The van der Waals surface area contributed by atoms with Gasteiger partial charge in [0, 0.05) is 13.0 Å². The van der Waals surface area contributed by atoms with E-state index in [-0.39, 0.29) is 18.9 Å². The zero-order chi connectivity index (χ0) is 18.7. The van der Waals surface area contributed by atoms with Crippen LogP contribution < -0.4 is 19.1 Å². The zero-order valence-corrected chi connectivity index (χ0v) is 15.0. The van der Waals surface area contributed by atoms with Gasteiger partial charge < -0.3 is 19.1 Å². The Hall–Kier alpha value is -3.02. The number of rotatable bonds is 5. The average Bonchev–Trinajstić information content (AvgIpc) is 3.04. The van der Waals surface area contributed by atoms with E-state index >= 15 is 0 Å². The molecular formula is C20H21NO5. The monoisotopic (exact) mass is 355 g/mol. The van der Waals surface area contributed by atoms with Gasteiger partial charge in [-0.1, -0.05) is 6.07 Å². The van der Waals surface area contributed by atoms with Crippen LogP contribution >= 0.6 is 0 Å². The quantitative estimate of drug-likeness (QED) is 0.609. The van der Waals surface area contributed by atoms with E-state index in [1.54, 1.807) is 43.4 Å². The lowest BCUT2D eigenvalue weighted by Crippen LogP contribution is -2.27. The van der Waals surface area contributed by atoms with Crippen LogP contribution in [-0.2, 0) is 9.59 Å². The minimum Gasteiger partial charge on any atom is -0.497 e. The third kappa shape index (κ3) is 3.64. The van der Waals surface area contributed by atoms with Gasteiger partial charge in [0.1, 0.15) is 17.2 Å². The Morgan fingerprint density at radius 2 is 1.73 bits per heavy atom. The summed E-state index contributed by atoms with van der Waals surface area (Å²) in [5.74, 6) is 0.652. The molecule has 1 aliphatic rings. The van der Waals surface area contributed by atoms with Gasteiger partial charge in [-0.25, -0.2) is 0 Å². The van der Waals surface area contributed by atoms with E-state index < -0.39 is 11.9 Å². The lowest BCUT2D eigenvalue weighted by molar-refractivity contribution is -0.139. The number of esters is 1. The molecule has 136 valence electrons. The number of aryl methyl sites for hydroxylation is 1. The van der Waals surface area contributed by atoms with E-state index in [0.717, 1.165) is 5.56 Å². The van der Waals surface area contributed by atoms with Gasteiger partial charge in [0.15, 0.2) is 0 Å². The number of hydrogen-bond donors (Lipinski definition) is 0. The molecule has 6 heteroatoms. The van der Waals surface area contributed by atoms with Gasteiger partial charge in [-0.15, -0.1) is 0 Å². The number of carbonyl (C=O) groups is 2. The van der Waals surface area contributed by atoms with E-state index in [1.807, 2.05) is 25.1 Å². The van der Waals surface area contributed by atoms with Crippen LogP contribution in [0.1, 0.15) is 12.0 Å². The van der Waals surface area contributed by atoms with Crippen LogP contribution in [-0.4, -0.2) is 32.6 Å². The van der Waals surface area contributed by atoms with Gasteiger partial charge in [0.05, 0.1) is 25.8 Å². The SMILES string of the molecule is COc1ccc(OC(=O)C2CC(=O)N(c3cc(C)ccc3OC)C2)cc1. The molecule has 1 saturated heterocycles. The number of ether oxygens (including phenoxy) is 3. The summed E-state index contributed by atoms with van der Waals surface area (Å²) in [7, 11) is 3.13. The summed E-state index contributed by atoms with van der Waals surface area (Å²) in [6.45, 7) is 2.21. The molecule has 2 aromatic carbocycles. The summed E-state index contributed by atoms with van der Waals surface area (Å²) in [6.07, 6.45) is 0.117. The minimum absolute atomic E-state index is 0.117. The molecule has 1 amide bonds. The van der Waals surface area contributed by atoms with Gasteiger partial charge in [0.2, 0.25) is 5.91 Å². The molecule has 1 atom stereocenters. The van der Waals surface area contributed by atoms with Crippen molar-refractivity contribution in [2.24, 2.45) is 5.92 Å². The number of methoxy groups -OCH3 is 2. The minimum atomic E-state index is -0.519. The predicted molar refractivity (Wildman–Crippen MR) is 96.8 cm³/mol. The van der Waals surface area contributed by atoms with Crippen molar-refractivity contribution in [2.45, 2.75) is 13.3 Å². The number of amides is 1. The van der Waals surface area contributed by atoms with Crippen LogP contribution in [0, 0.1) is 12.8 Å². The maximum atomic E-state index is 12.5. The zero-order valence-electron chi connectivity index (χ0n) is 15.0. The maximum Gasteiger partial charge on any atom is 0.316 e. The number of carbonyl (C=O) groups excluding carboxylic acids is 2. The van der Waals surface area contributed by atoms with Crippen LogP contribution in [0.25, 0.3) is 0 Å². The van der Waals surface area contributed by atoms with Gasteiger partial charge in [0.25, 0.3) is 0 Å². The van der Waals surface area contributed by atoms with Crippen molar-refractivity contribution < 1.29 is 23.8 Å². The summed E-state index contributed by atoms with van der Waals surface area (Å²) in [4.78, 5) is 26.5. The Balaban J connectivity index is 1.72. The van der Waals surface area contributed by atoms with Crippen LogP contribution in [0.4, 0.5) is 5.69 Å². The summed E-state index contributed by atoms with van der Waals surface area (Å²) in [6, 6.07) is 12.4. The molecule has 26 heavy (non-hydrogen) atoms. The lowest BCUT2D eigenvalue weighted by Gasteiger charge is -2.20. The fourth-order valence-corrected chi connectivity index (χ4v) is 2.95. The molecule has 1 heterocycles. The molecule has 0 radical (unpaired) electrons. The molecule has 0 saturated carbocycles. The molecule has 0 N–H and O–H groups in total. The highest BCUT2D eigenvalue weighted by atomic mass is 16.5. The van der Waals surface area contributed by atoms with Crippen molar-refractivity contribution in [1.29, 1.82) is 0 Å². The van der Waals surface area contributed by atoms with Crippen molar-refractivity contribution in [3.05, 3.63) is 48.0 Å². The van der Waals surface area contributed by atoms with Gasteiger partial charge in [-0.2, -0.15) is 0 Å². The van der Waals surface area contributed by atoms with Crippen LogP contribution in [0.2, 0.25) is 0 Å². The van der Waals surface area contributed by atoms with Gasteiger partial charge in [-0.05, 0) is 48.9 Å². The molecule has 0 spiro atoms. The summed E-state index contributed by atoms with van der Waals surface area (Å²) < 4.78 is 15.8. The first-order valence-electron chi connectivity index (χ1n) is 8.32. The largest absolute Gasteiger partial charge is 0.497 e. The van der Waals surface area contributed by atoms with E-state index in [9.17, 15) is 9.59 Å². The number of anilines is 1. The molecule has 0 aliphatic carbocycles. The molecule has 6 nitrogen and oxygen atoms in total. The smallest absolute Gasteiger partial charge is 0.316 e. The van der Waals surface area contributed by atoms with Crippen molar-refractivity contribution in [2.75, 3.05) is 25.7 Å². The van der Waals surface area contributed by atoms with Gasteiger partial charge >= 0.3 is 5.97 Å². The molecule has 0 aromatic heterocycles. The molecule has 3 rings (SSSR count). The number of benzene rings is 2. The third-order valence-electron chi connectivity index (χ3n) is 4.36. The maximum absolute atomic E-state index is 12.5. The molecule has 2 aromatic rings. The second-order valence-electron chi connectivity index (χ2n) is 6.18. The summed E-state index contributed by atoms with van der Waals surface area (Å²) >= 11 is 0. The topological polar surface area (TPSA) is 65.1 Å². The lowest BCUT2D eigenvalue weighted by atomic mass is 10.1. The first-order valence-corrected chi connectivity index (χ1v) is 8.32. The Kier molecular flexibility index (Phi) is 5.11. The first kappa shape index (κ1) is 17.8. The highest BCUT2D eigenvalue weighted by molar-refractivity contribution is 6.00. The van der Waals surface area contributed by atoms with E-state index in [1.165, 1.54) is 0 Å². The van der Waals surface area contributed by atoms with E-state index in [0.29, 0.717) is 22.9 Å². The standard InChI is InChI=1S/C20H21NO5/c1-13-4-9-18(25-3)17(10-13)21-12-14(11-19(21)22)20(23)26-16-7-5-15(24-2)6-8-16/h4-10,14H,11-12H2,1-3H3. The highest BCUT2D eigenvalue weighted by Gasteiger charge is 2.37. The van der Waals surface area contributed by atoms with Crippen molar-refractivity contribution in [1.82, 2.24) is 0 Å². The Bertz CT molecular complexity index is 815. The third-order valence-corrected chi connectivity index (χ3v) is 4.36. The molecule has 1 fully saturated rings. The van der Waals surface area contributed by atoms with Crippen molar-refractivity contribution >= 4 is 17.6 Å². The first-order chi connectivity index (χ1) is 12.5. The number of hydrogen-bond acceptors (Lipinski definition) is 5. The molecular weight excluding hydrogens is 334 g/mol. The number of nitrogens with zero attached hydrogens (tertiary/aromatic N) is 1. The molecule has 0 bridgehead atoms. The summed E-state index contributed by atoms with van der Waals surface area (Å²) in [5.41, 5.74) is 1.69. The van der Waals surface area contributed by atoms with Crippen LogP contribution in [0.15, 0.2) is 42.5 Å². The Morgan fingerprint density at radius 3 is 2.38 bits per heavy atom. The van der Waals surface area contributed by atoms with Crippen molar-refractivity contribution in [3.8, 4) is 17.2 Å². The second kappa shape index (κ2) is 7.47. The van der Waals surface area contributed by atoms with E-state index in [4.69, 9.17) is 14.2 Å². The average molecular weight is 355 g/mol. The Labute approximate surface area is 152 Å². The van der Waals surface area contributed by atoms with Crippen molar-refractivity contribution in [3.63, 3.8) is 0 Å². The normalized spacial score (nSPS) is 16.5.